The molecular formula is C67H66FN. The lowest BCUT2D eigenvalue weighted by molar-refractivity contribution is 0.590. The standard InChI is InChI=1S/C67H66FN/c1-64(2,3)53-27-19-43(20-28-53)47-37-48(44-21-29-54(30-22-44)65(4,5)6)40-51(39-47)57-15-13-17-60-59(57)35-36-69-63(60)61-18-14-16-58(62(61)68)52-41-49(45-23-31-55(32-24-45)66(7,8)9)38-50(42-52)46-25-33-56(34-26-46)67(10,11)12/h13-42H,1-12H3. The van der Waals surface area contributed by atoms with Crippen LogP contribution in [0.3, 0.4) is 0 Å². The third kappa shape index (κ3) is 9.86. The van der Waals surface area contributed by atoms with E-state index in [4.69, 9.17) is 4.98 Å². The highest BCUT2D eigenvalue weighted by Gasteiger charge is 2.21. The van der Waals surface area contributed by atoms with Crippen molar-refractivity contribution in [2.45, 2.75) is 105 Å². The molecule has 0 saturated carbocycles. The van der Waals surface area contributed by atoms with Crippen LogP contribution in [0.2, 0.25) is 0 Å². The van der Waals surface area contributed by atoms with Gasteiger partial charge in [-0.2, -0.15) is 0 Å². The van der Waals surface area contributed by atoms with Gasteiger partial charge >= 0.3 is 0 Å². The Morgan fingerprint density at radius 1 is 0.290 bits per heavy atom. The van der Waals surface area contributed by atoms with Crippen LogP contribution in [0.25, 0.3) is 88.8 Å². The van der Waals surface area contributed by atoms with E-state index in [0.717, 1.165) is 72.0 Å². The fourth-order valence-corrected chi connectivity index (χ4v) is 9.49. The van der Waals surface area contributed by atoms with Gasteiger partial charge in [0.2, 0.25) is 0 Å². The van der Waals surface area contributed by atoms with Crippen LogP contribution in [-0.4, -0.2) is 4.98 Å². The van der Waals surface area contributed by atoms with Crippen molar-refractivity contribution in [3.63, 3.8) is 0 Å². The summed E-state index contributed by atoms with van der Waals surface area (Å²) in [4.78, 5) is 4.94. The molecule has 0 unspecified atom stereocenters. The highest BCUT2D eigenvalue weighted by molar-refractivity contribution is 6.04. The van der Waals surface area contributed by atoms with Crippen molar-refractivity contribution in [2.75, 3.05) is 0 Å². The molecule has 0 bridgehead atoms. The van der Waals surface area contributed by atoms with Crippen LogP contribution in [0.5, 0.6) is 0 Å². The minimum absolute atomic E-state index is 0.0329. The van der Waals surface area contributed by atoms with Gasteiger partial charge in [0.15, 0.2) is 0 Å². The summed E-state index contributed by atoms with van der Waals surface area (Å²) in [5.41, 5.74) is 18.8. The first-order valence-corrected chi connectivity index (χ1v) is 24.5. The molecule has 0 atom stereocenters. The monoisotopic (exact) mass is 904 g/mol. The van der Waals surface area contributed by atoms with Gasteiger partial charge in [-0.1, -0.05) is 210 Å². The van der Waals surface area contributed by atoms with E-state index in [1.54, 1.807) is 0 Å². The van der Waals surface area contributed by atoms with Crippen molar-refractivity contribution in [2.24, 2.45) is 0 Å². The molecule has 0 radical (unpaired) electrons. The molecule has 1 aromatic heterocycles. The average Bonchev–Trinajstić information content (AvgIpc) is 3.32. The molecular weight excluding hydrogens is 838 g/mol. The molecule has 8 aromatic carbocycles. The van der Waals surface area contributed by atoms with Crippen molar-refractivity contribution in [1.29, 1.82) is 0 Å². The van der Waals surface area contributed by atoms with E-state index in [1.165, 1.54) is 22.3 Å². The molecule has 2 heteroatoms. The molecule has 0 saturated heterocycles. The molecule has 0 fully saturated rings. The SMILES string of the molecule is CC(C)(C)c1ccc(-c2cc(-c3ccc(C(C)(C)C)cc3)cc(-c3cccc(-c4nccc5c(-c6cc(-c7ccc(C(C)(C)C)cc7)cc(-c7ccc(C(C)(C)C)cc7)c6)cccc45)c3F)c2)cc1. The zero-order valence-electron chi connectivity index (χ0n) is 42.6. The fourth-order valence-electron chi connectivity index (χ4n) is 9.49. The van der Waals surface area contributed by atoms with Crippen LogP contribution in [0.1, 0.15) is 105 Å². The Kier molecular flexibility index (Phi) is 12.2. The summed E-state index contributed by atoms with van der Waals surface area (Å²) in [6.07, 6.45) is 1.83. The molecule has 0 amide bonds. The molecule has 9 aromatic rings. The van der Waals surface area contributed by atoms with Crippen LogP contribution in [0.15, 0.2) is 182 Å². The maximum atomic E-state index is 17.7. The third-order valence-electron chi connectivity index (χ3n) is 13.9. The zero-order valence-corrected chi connectivity index (χ0v) is 42.6. The minimum Gasteiger partial charge on any atom is -0.255 e. The Morgan fingerprint density at radius 3 is 0.957 bits per heavy atom. The van der Waals surface area contributed by atoms with Crippen LogP contribution in [-0.2, 0) is 21.7 Å². The third-order valence-corrected chi connectivity index (χ3v) is 13.9. The van der Waals surface area contributed by atoms with Gasteiger partial charge in [-0.3, -0.25) is 4.98 Å². The number of benzene rings is 8. The first-order valence-electron chi connectivity index (χ1n) is 24.5. The van der Waals surface area contributed by atoms with Crippen LogP contribution >= 0.6 is 0 Å². The van der Waals surface area contributed by atoms with Gasteiger partial charge in [-0.15, -0.1) is 0 Å². The van der Waals surface area contributed by atoms with Crippen molar-refractivity contribution in [1.82, 2.24) is 4.98 Å². The van der Waals surface area contributed by atoms with E-state index in [1.807, 2.05) is 24.4 Å². The zero-order chi connectivity index (χ0) is 49.0. The van der Waals surface area contributed by atoms with E-state index in [-0.39, 0.29) is 27.5 Å². The minimum atomic E-state index is -0.293. The number of fused-ring (bicyclic) bond motifs is 1. The van der Waals surface area contributed by atoms with Gasteiger partial charge in [0.05, 0.1) is 5.69 Å². The lowest BCUT2D eigenvalue weighted by Crippen LogP contribution is -2.10. The topological polar surface area (TPSA) is 12.9 Å². The Bertz CT molecular complexity index is 3150. The van der Waals surface area contributed by atoms with Crippen LogP contribution < -0.4 is 0 Å². The number of pyridine rings is 1. The van der Waals surface area contributed by atoms with Crippen molar-refractivity contribution in [3.05, 3.63) is 210 Å². The normalized spacial score (nSPS) is 12.4. The number of nitrogens with zero attached hydrogens (tertiary/aromatic N) is 1. The van der Waals surface area contributed by atoms with E-state index in [2.05, 4.69) is 241 Å². The predicted octanol–water partition coefficient (Wildman–Crippen LogP) is 19.2. The Morgan fingerprint density at radius 2 is 0.594 bits per heavy atom. The molecule has 1 nitrogen and oxygen atoms in total. The molecule has 0 aliphatic heterocycles. The summed E-state index contributed by atoms with van der Waals surface area (Å²) < 4.78 is 17.7. The lowest BCUT2D eigenvalue weighted by Gasteiger charge is -2.20. The predicted molar refractivity (Wildman–Crippen MR) is 295 cm³/mol. The second-order valence-electron chi connectivity index (χ2n) is 23.1. The highest BCUT2D eigenvalue weighted by Crippen LogP contribution is 2.42. The molecule has 0 spiro atoms. The first kappa shape index (κ1) is 47.2. The molecule has 0 aliphatic carbocycles. The van der Waals surface area contributed by atoms with Gasteiger partial charge in [0.1, 0.15) is 5.82 Å². The number of halogens is 1. The quantitative estimate of drug-likeness (QED) is 0.155. The van der Waals surface area contributed by atoms with Crippen LogP contribution in [0.4, 0.5) is 4.39 Å². The van der Waals surface area contributed by atoms with Crippen molar-refractivity contribution >= 4 is 10.8 Å². The first-order chi connectivity index (χ1) is 32.6. The second kappa shape index (κ2) is 17.9. The van der Waals surface area contributed by atoms with E-state index in [9.17, 15) is 0 Å². The number of hydrogen-bond acceptors (Lipinski definition) is 1. The molecule has 1 heterocycles. The maximum Gasteiger partial charge on any atom is 0.140 e. The van der Waals surface area contributed by atoms with Gasteiger partial charge < -0.3 is 0 Å². The van der Waals surface area contributed by atoms with Crippen LogP contribution in [0, 0.1) is 5.82 Å². The number of hydrogen-bond donors (Lipinski definition) is 0. The Labute approximate surface area is 411 Å². The van der Waals surface area contributed by atoms with Crippen molar-refractivity contribution < 1.29 is 4.39 Å². The van der Waals surface area contributed by atoms with E-state index < -0.39 is 0 Å². The second-order valence-corrected chi connectivity index (χ2v) is 23.1. The Balaban J connectivity index is 1.17. The fraction of sp³-hybridized carbons (Fsp3) is 0.239. The molecule has 0 aliphatic rings. The Hall–Kier alpha value is -6.90. The summed E-state index contributed by atoms with van der Waals surface area (Å²) in [5.74, 6) is -0.293. The molecule has 346 valence electrons. The van der Waals surface area contributed by atoms with E-state index >= 15 is 4.39 Å². The summed E-state index contributed by atoms with van der Waals surface area (Å²) in [6.45, 7) is 26.9. The summed E-state index contributed by atoms with van der Waals surface area (Å²) in [7, 11) is 0. The van der Waals surface area contributed by atoms with Gasteiger partial charge in [0.25, 0.3) is 0 Å². The van der Waals surface area contributed by atoms with Crippen molar-refractivity contribution in [3.8, 4) is 78.0 Å². The smallest absolute Gasteiger partial charge is 0.140 e. The largest absolute Gasteiger partial charge is 0.255 e. The summed E-state index contributed by atoms with van der Waals surface area (Å²) in [5, 5.41) is 1.91. The molecule has 0 N–H and O–H groups in total. The van der Waals surface area contributed by atoms with E-state index in [0.29, 0.717) is 16.8 Å². The maximum absolute atomic E-state index is 17.7. The summed E-state index contributed by atoms with van der Waals surface area (Å²) in [6, 6.07) is 63.2. The summed E-state index contributed by atoms with van der Waals surface area (Å²) >= 11 is 0. The number of aromatic nitrogens is 1. The molecule has 69 heavy (non-hydrogen) atoms. The number of rotatable bonds is 7. The van der Waals surface area contributed by atoms with Gasteiger partial charge in [-0.05, 0) is 159 Å². The van der Waals surface area contributed by atoms with Gasteiger partial charge in [-0.25, -0.2) is 4.39 Å². The highest BCUT2D eigenvalue weighted by atomic mass is 19.1. The lowest BCUT2D eigenvalue weighted by atomic mass is 9.85. The van der Waals surface area contributed by atoms with Gasteiger partial charge in [0, 0.05) is 22.7 Å². The molecule has 9 rings (SSSR count). The average molecular weight is 904 g/mol.